The van der Waals surface area contributed by atoms with E-state index in [1.165, 1.54) is 6.92 Å². The van der Waals surface area contributed by atoms with Gasteiger partial charge in [0.15, 0.2) is 6.61 Å². The van der Waals surface area contributed by atoms with Gasteiger partial charge >= 0.3 is 5.97 Å². The zero-order valence-corrected chi connectivity index (χ0v) is 19.0. The van der Waals surface area contributed by atoms with Crippen LogP contribution in [0, 0.1) is 5.41 Å². The molecule has 0 bridgehead atoms. The number of hydrogen-bond acceptors (Lipinski definition) is 6. The summed E-state index contributed by atoms with van der Waals surface area (Å²) in [5.74, 6) is -1.42. The maximum atomic E-state index is 12.6. The molecular weight excluding hydrogens is 420 g/mol. The summed E-state index contributed by atoms with van der Waals surface area (Å²) in [7, 11) is 0. The van der Waals surface area contributed by atoms with Crippen LogP contribution in [0.4, 0.5) is 0 Å². The Morgan fingerprint density at radius 1 is 1.23 bits per heavy atom. The first-order chi connectivity index (χ1) is 14.4. The Kier molecular flexibility index (Phi) is 7.84. The van der Waals surface area contributed by atoms with E-state index in [1.807, 2.05) is 0 Å². The molecule has 9 heteroatoms. The van der Waals surface area contributed by atoms with Crippen molar-refractivity contribution in [3.63, 3.8) is 0 Å². The van der Waals surface area contributed by atoms with E-state index in [0.29, 0.717) is 5.56 Å². The van der Waals surface area contributed by atoms with E-state index in [-0.39, 0.29) is 46.2 Å². The number of hydrogen-bond donors (Lipinski definition) is 3. The van der Waals surface area contributed by atoms with Crippen LogP contribution >= 0.6 is 11.6 Å². The van der Waals surface area contributed by atoms with E-state index >= 15 is 0 Å². The van der Waals surface area contributed by atoms with Crippen LogP contribution in [0.3, 0.4) is 0 Å². The second-order valence-corrected chi connectivity index (χ2v) is 8.96. The molecule has 1 aliphatic carbocycles. The van der Waals surface area contributed by atoms with Crippen molar-refractivity contribution in [2.24, 2.45) is 21.9 Å². The van der Waals surface area contributed by atoms with Crippen molar-refractivity contribution >= 4 is 35.1 Å². The van der Waals surface area contributed by atoms with Crippen LogP contribution in [0.2, 0.25) is 5.02 Å². The summed E-state index contributed by atoms with van der Waals surface area (Å²) in [5.41, 5.74) is 12.1. The summed E-state index contributed by atoms with van der Waals surface area (Å²) in [6.45, 7) is 6.63. The molecule has 5 N–H and O–H groups in total. The van der Waals surface area contributed by atoms with Gasteiger partial charge in [0.25, 0.3) is 0 Å². The van der Waals surface area contributed by atoms with Gasteiger partial charge in [0.05, 0.1) is 11.1 Å². The largest absolute Gasteiger partial charge is 0.454 e. The summed E-state index contributed by atoms with van der Waals surface area (Å²) in [6.07, 6.45) is 1.83. The lowest BCUT2D eigenvalue weighted by molar-refractivity contribution is -0.137. The standard InChI is InChI=1S/C22H29ClN4O4/c1-12(24)18(19(25)27-14-6-7-14)20(29)31-11-17(28)15-9-13(5-8-16(15)23)10-26-21(30)22(2,3)4/h5,8-9,14H,6-7,10-11,24H2,1-4H3,(H2,25,27)(H,26,30). The van der Waals surface area contributed by atoms with E-state index < -0.39 is 23.8 Å². The molecule has 8 nitrogen and oxygen atoms in total. The molecule has 1 fully saturated rings. The quantitative estimate of drug-likeness (QED) is 0.184. The molecule has 0 spiro atoms. The Labute approximate surface area is 187 Å². The van der Waals surface area contributed by atoms with Gasteiger partial charge in [-0.3, -0.25) is 14.6 Å². The highest BCUT2D eigenvalue weighted by Gasteiger charge is 2.25. The van der Waals surface area contributed by atoms with Crippen LogP contribution in [0.15, 0.2) is 34.5 Å². The number of nitrogens with two attached hydrogens (primary N) is 2. The zero-order chi connectivity index (χ0) is 23.3. The van der Waals surface area contributed by atoms with E-state index in [0.717, 1.165) is 12.8 Å². The van der Waals surface area contributed by atoms with Crippen LogP contribution in [-0.2, 0) is 20.9 Å². The van der Waals surface area contributed by atoms with Crippen molar-refractivity contribution in [2.75, 3.05) is 6.61 Å². The number of nitrogens with zero attached hydrogens (tertiary/aromatic N) is 1. The average molecular weight is 449 g/mol. The lowest BCUT2D eigenvalue weighted by Crippen LogP contribution is -2.34. The van der Waals surface area contributed by atoms with Crippen molar-refractivity contribution in [3.05, 3.63) is 45.6 Å². The summed E-state index contributed by atoms with van der Waals surface area (Å²) < 4.78 is 5.13. The normalized spacial score (nSPS) is 15.2. The molecule has 0 aliphatic heterocycles. The molecular formula is C22H29ClN4O4. The topological polar surface area (TPSA) is 137 Å². The number of amidine groups is 1. The Balaban J connectivity index is 2.05. The Morgan fingerprint density at radius 2 is 1.87 bits per heavy atom. The van der Waals surface area contributed by atoms with Crippen LogP contribution in [0.25, 0.3) is 0 Å². The number of ether oxygens (including phenoxy) is 1. The number of esters is 1. The second-order valence-electron chi connectivity index (χ2n) is 8.55. The molecule has 1 aromatic rings. The fourth-order valence-electron chi connectivity index (χ4n) is 2.56. The fourth-order valence-corrected chi connectivity index (χ4v) is 2.78. The molecule has 0 saturated heterocycles. The molecule has 0 unspecified atom stereocenters. The molecule has 2 rings (SSSR count). The maximum Gasteiger partial charge on any atom is 0.344 e. The number of amides is 1. The third-order valence-electron chi connectivity index (χ3n) is 4.52. The lowest BCUT2D eigenvalue weighted by Gasteiger charge is -2.18. The van der Waals surface area contributed by atoms with Gasteiger partial charge in [-0.1, -0.05) is 38.4 Å². The summed E-state index contributed by atoms with van der Waals surface area (Å²) in [6, 6.07) is 4.94. The smallest absolute Gasteiger partial charge is 0.344 e. The first-order valence-electron chi connectivity index (χ1n) is 9.97. The number of benzene rings is 1. The van der Waals surface area contributed by atoms with Crippen molar-refractivity contribution in [1.82, 2.24) is 5.32 Å². The van der Waals surface area contributed by atoms with Crippen LogP contribution in [0.1, 0.15) is 56.5 Å². The van der Waals surface area contributed by atoms with Crippen LogP contribution < -0.4 is 16.8 Å². The fraction of sp³-hybridized carbons (Fsp3) is 0.455. The molecule has 1 aliphatic rings. The molecule has 0 heterocycles. The third kappa shape index (κ3) is 7.10. The number of allylic oxidation sites excluding steroid dienone is 1. The Bertz CT molecular complexity index is 939. The number of carbonyl (C=O) groups is 3. The summed E-state index contributed by atoms with van der Waals surface area (Å²) in [5, 5.41) is 3.02. The van der Waals surface area contributed by atoms with Crippen LogP contribution in [-0.4, -0.2) is 36.1 Å². The molecule has 0 aromatic heterocycles. The third-order valence-corrected chi connectivity index (χ3v) is 4.85. The number of carbonyl (C=O) groups excluding carboxylic acids is 3. The number of Topliss-reactive ketones (excluding diaryl/α,β-unsaturated/α-hetero) is 1. The van der Waals surface area contributed by atoms with Crippen molar-refractivity contribution in [1.29, 1.82) is 0 Å². The molecule has 168 valence electrons. The van der Waals surface area contributed by atoms with Gasteiger partial charge in [0.1, 0.15) is 11.4 Å². The average Bonchev–Trinajstić information content (AvgIpc) is 3.48. The monoisotopic (exact) mass is 448 g/mol. The number of ketones is 1. The summed E-state index contributed by atoms with van der Waals surface area (Å²) >= 11 is 6.15. The lowest BCUT2D eigenvalue weighted by atomic mass is 9.95. The number of rotatable bonds is 8. The number of halogens is 1. The minimum atomic E-state index is -0.819. The van der Waals surface area contributed by atoms with Crippen molar-refractivity contribution in [2.45, 2.75) is 53.1 Å². The molecule has 1 saturated carbocycles. The van der Waals surface area contributed by atoms with E-state index in [1.54, 1.807) is 39.0 Å². The Hall–Kier alpha value is -2.87. The highest BCUT2D eigenvalue weighted by molar-refractivity contribution is 6.34. The van der Waals surface area contributed by atoms with Gasteiger partial charge < -0.3 is 21.5 Å². The predicted octanol–water partition coefficient (Wildman–Crippen LogP) is 2.48. The van der Waals surface area contributed by atoms with Crippen LogP contribution in [0.5, 0.6) is 0 Å². The van der Waals surface area contributed by atoms with E-state index in [4.69, 9.17) is 27.8 Å². The molecule has 1 amide bonds. The molecule has 1 aromatic carbocycles. The minimum absolute atomic E-state index is 0.00886. The van der Waals surface area contributed by atoms with Gasteiger partial charge in [-0.2, -0.15) is 0 Å². The highest BCUT2D eigenvalue weighted by atomic mass is 35.5. The van der Waals surface area contributed by atoms with E-state index in [9.17, 15) is 14.4 Å². The number of aliphatic imine (C=N–C) groups is 1. The second kappa shape index (κ2) is 9.96. The van der Waals surface area contributed by atoms with E-state index in [2.05, 4.69) is 10.3 Å². The van der Waals surface area contributed by atoms with Gasteiger partial charge in [0, 0.05) is 23.2 Å². The molecule has 0 atom stereocenters. The SMILES string of the molecule is CC(N)=C(C(=O)OCC(=O)c1cc(CNC(=O)C(C)(C)C)ccc1Cl)C(N)=NC1CC1. The highest BCUT2D eigenvalue weighted by Crippen LogP contribution is 2.24. The van der Waals surface area contributed by atoms with Crippen molar-refractivity contribution < 1.29 is 19.1 Å². The zero-order valence-electron chi connectivity index (χ0n) is 18.3. The van der Waals surface area contributed by atoms with Gasteiger partial charge in [-0.15, -0.1) is 0 Å². The Morgan fingerprint density at radius 3 is 2.42 bits per heavy atom. The van der Waals surface area contributed by atoms with Gasteiger partial charge in [-0.25, -0.2) is 4.79 Å². The van der Waals surface area contributed by atoms with Gasteiger partial charge in [0.2, 0.25) is 11.7 Å². The summed E-state index contributed by atoms with van der Waals surface area (Å²) in [4.78, 5) is 41.3. The first kappa shape index (κ1) is 24.4. The minimum Gasteiger partial charge on any atom is -0.454 e. The predicted molar refractivity (Wildman–Crippen MR) is 120 cm³/mol. The number of nitrogens with one attached hydrogen (secondary N) is 1. The maximum absolute atomic E-state index is 12.6. The van der Waals surface area contributed by atoms with Crippen molar-refractivity contribution in [3.8, 4) is 0 Å². The molecule has 31 heavy (non-hydrogen) atoms. The molecule has 0 radical (unpaired) electrons. The van der Waals surface area contributed by atoms with Gasteiger partial charge in [-0.05, 0) is 37.5 Å². The first-order valence-corrected chi connectivity index (χ1v) is 10.3.